The molecule has 4 heteroatoms. The molecule has 0 spiro atoms. The molecule has 1 aliphatic rings. The number of hydrogen-bond acceptors (Lipinski definition) is 3. The highest BCUT2D eigenvalue weighted by molar-refractivity contribution is 5.94. The summed E-state index contributed by atoms with van der Waals surface area (Å²) in [7, 11) is 4.07. The van der Waals surface area contributed by atoms with E-state index < -0.39 is 0 Å². The molecule has 1 aliphatic heterocycles. The van der Waals surface area contributed by atoms with Crippen LogP contribution < -0.4 is 5.32 Å². The van der Waals surface area contributed by atoms with Gasteiger partial charge < -0.3 is 15.0 Å². The molecule has 20 heavy (non-hydrogen) atoms. The van der Waals surface area contributed by atoms with Crippen LogP contribution in [-0.2, 0) is 11.3 Å². The summed E-state index contributed by atoms with van der Waals surface area (Å²) in [4.78, 5) is 14.2. The Morgan fingerprint density at radius 3 is 2.65 bits per heavy atom. The van der Waals surface area contributed by atoms with Crippen LogP contribution in [0.5, 0.6) is 0 Å². The van der Waals surface area contributed by atoms with Crippen LogP contribution in [0.15, 0.2) is 24.3 Å². The Labute approximate surface area is 121 Å². The van der Waals surface area contributed by atoms with Gasteiger partial charge in [0.25, 0.3) is 5.91 Å². The molecule has 1 N–H and O–H groups in total. The maximum absolute atomic E-state index is 12.0. The quantitative estimate of drug-likeness (QED) is 0.895. The monoisotopic (exact) mass is 276 g/mol. The van der Waals surface area contributed by atoms with Crippen molar-refractivity contribution in [2.24, 2.45) is 0 Å². The molecular formula is C16H24N2O2. The largest absolute Gasteiger partial charge is 0.376 e. The Balaban J connectivity index is 1.82. The van der Waals surface area contributed by atoms with Crippen LogP contribution in [0.3, 0.4) is 0 Å². The van der Waals surface area contributed by atoms with Gasteiger partial charge in [0.2, 0.25) is 0 Å². The number of nitrogens with zero attached hydrogens (tertiary/aromatic N) is 1. The maximum Gasteiger partial charge on any atom is 0.251 e. The summed E-state index contributed by atoms with van der Waals surface area (Å²) in [5.41, 5.74) is 1.92. The second kappa shape index (κ2) is 7.41. The van der Waals surface area contributed by atoms with Crippen molar-refractivity contribution in [3.05, 3.63) is 35.4 Å². The van der Waals surface area contributed by atoms with Gasteiger partial charge >= 0.3 is 0 Å². The lowest BCUT2D eigenvalue weighted by atomic mass is 10.1. The Morgan fingerprint density at radius 1 is 1.30 bits per heavy atom. The van der Waals surface area contributed by atoms with Crippen LogP contribution in [0.25, 0.3) is 0 Å². The van der Waals surface area contributed by atoms with Gasteiger partial charge in [-0.25, -0.2) is 0 Å². The van der Waals surface area contributed by atoms with Gasteiger partial charge in [-0.05, 0) is 51.1 Å². The van der Waals surface area contributed by atoms with Crippen molar-refractivity contribution in [2.75, 3.05) is 27.2 Å². The predicted octanol–water partition coefficient (Wildman–Crippen LogP) is 2.05. The molecule has 0 aromatic heterocycles. The van der Waals surface area contributed by atoms with Gasteiger partial charge in [-0.15, -0.1) is 0 Å². The first kappa shape index (κ1) is 15.0. The van der Waals surface area contributed by atoms with E-state index in [1.54, 1.807) is 0 Å². The first-order chi connectivity index (χ1) is 9.65. The minimum atomic E-state index is -0.0180. The summed E-state index contributed by atoms with van der Waals surface area (Å²) in [5.74, 6) is -0.0180. The molecule has 110 valence electrons. The maximum atomic E-state index is 12.0. The molecule has 2 rings (SSSR count). The van der Waals surface area contributed by atoms with Gasteiger partial charge in [-0.3, -0.25) is 4.79 Å². The minimum absolute atomic E-state index is 0.0180. The summed E-state index contributed by atoms with van der Waals surface area (Å²) >= 11 is 0. The molecule has 1 amide bonds. The van der Waals surface area contributed by atoms with Gasteiger partial charge in [-0.2, -0.15) is 0 Å². The number of benzene rings is 1. The molecule has 1 unspecified atom stereocenters. The Bertz CT molecular complexity index is 423. The average Bonchev–Trinajstić information content (AvgIpc) is 2.46. The lowest BCUT2D eigenvalue weighted by Gasteiger charge is -2.22. The standard InChI is InChI=1S/C16H24N2O2/c1-18(2)12-13-6-8-14(9-7-13)16(19)17-11-15-5-3-4-10-20-15/h6-9,15H,3-5,10-12H2,1-2H3,(H,17,19). The fraction of sp³-hybridized carbons (Fsp3) is 0.562. The van der Waals surface area contributed by atoms with Gasteiger partial charge in [0.05, 0.1) is 6.10 Å². The van der Waals surface area contributed by atoms with Gasteiger partial charge in [0, 0.05) is 25.3 Å². The van der Waals surface area contributed by atoms with Crippen LogP contribution in [0.4, 0.5) is 0 Å². The van der Waals surface area contributed by atoms with E-state index in [0.29, 0.717) is 12.1 Å². The number of amides is 1. The highest BCUT2D eigenvalue weighted by Crippen LogP contribution is 2.12. The predicted molar refractivity (Wildman–Crippen MR) is 79.8 cm³/mol. The number of ether oxygens (including phenoxy) is 1. The third kappa shape index (κ3) is 4.62. The Hall–Kier alpha value is -1.39. The lowest BCUT2D eigenvalue weighted by Crippen LogP contribution is -2.35. The van der Waals surface area contributed by atoms with Crippen LogP contribution >= 0.6 is 0 Å². The molecule has 1 fully saturated rings. The van der Waals surface area contributed by atoms with E-state index in [0.717, 1.165) is 26.0 Å². The van der Waals surface area contributed by atoms with Crippen molar-refractivity contribution in [3.8, 4) is 0 Å². The van der Waals surface area contributed by atoms with E-state index in [9.17, 15) is 4.79 Å². The first-order valence-corrected chi connectivity index (χ1v) is 7.28. The van der Waals surface area contributed by atoms with Gasteiger partial charge in [0.1, 0.15) is 0 Å². The van der Waals surface area contributed by atoms with Gasteiger partial charge in [0.15, 0.2) is 0 Å². The number of carbonyl (C=O) groups is 1. The molecule has 0 aliphatic carbocycles. The van der Waals surface area contributed by atoms with Crippen LogP contribution in [0.1, 0.15) is 35.2 Å². The Morgan fingerprint density at radius 2 is 2.05 bits per heavy atom. The number of rotatable bonds is 5. The molecular weight excluding hydrogens is 252 g/mol. The van der Waals surface area contributed by atoms with E-state index in [4.69, 9.17) is 4.74 Å². The fourth-order valence-corrected chi connectivity index (χ4v) is 2.40. The average molecular weight is 276 g/mol. The van der Waals surface area contributed by atoms with E-state index in [-0.39, 0.29) is 12.0 Å². The lowest BCUT2D eigenvalue weighted by molar-refractivity contribution is 0.0169. The normalized spacial score (nSPS) is 19.1. The third-order valence-electron chi connectivity index (χ3n) is 3.48. The molecule has 0 bridgehead atoms. The SMILES string of the molecule is CN(C)Cc1ccc(C(=O)NCC2CCCCO2)cc1. The molecule has 1 aromatic rings. The minimum Gasteiger partial charge on any atom is -0.376 e. The van der Waals surface area contributed by atoms with Crippen LogP contribution in [-0.4, -0.2) is 44.2 Å². The summed E-state index contributed by atoms with van der Waals surface area (Å²) < 4.78 is 5.61. The molecule has 1 atom stereocenters. The van der Waals surface area contributed by atoms with E-state index in [1.165, 1.54) is 12.0 Å². The first-order valence-electron chi connectivity index (χ1n) is 7.28. The Kier molecular flexibility index (Phi) is 5.56. The number of carbonyl (C=O) groups excluding carboxylic acids is 1. The van der Waals surface area contributed by atoms with Crippen LogP contribution in [0.2, 0.25) is 0 Å². The zero-order valence-electron chi connectivity index (χ0n) is 12.4. The summed E-state index contributed by atoms with van der Waals surface area (Å²) in [6, 6.07) is 7.78. The molecule has 0 radical (unpaired) electrons. The number of hydrogen-bond donors (Lipinski definition) is 1. The van der Waals surface area contributed by atoms with E-state index >= 15 is 0 Å². The second-order valence-corrected chi connectivity index (χ2v) is 5.63. The van der Waals surface area contributed by atoms with Crippen molar-refractivity contribution in [1.29, 1.82) is 0 Å². The topological polar surface area (TPSA) is 41.6 Å². The van der Waals surface area contributed by atoms with Gasteiger partial charge in [-0.1, -0.05) is 12.1 Å². The molecule has 0 saturated carbocycles. The fourth-order valence-electron chi connectivity index (χ4n) is 2.40. The summed E-state index contributed by atoms with van der Waals surface area (Å²) in [5, 5.41) is 2.95. The molecule has 1 saturated heterocycles. The highest BCUT2D eigenvalue weighted by atomic mass is 16.5. The van der Waals surface area contributed by atoms with Crippen molar-refractivity contribution >= 4 is 5.91 Å². The zero-order chi connectivity index (χ0) is 14.4. The van der Waals surface area contributed by atoms with E-state index in [1.807, 2.05) is 38.4 Å². The van der Waals surface area contributed by atoms with E-state index in [2.05, 4.69) is 10.2 Å². The summed E-state index contributed by atoms with van der Waals surface area (Å²) in [6.45, 7) is 2.32. The molecule has 4 nitrogen and oxygen atoms in total. The third-order valence-corrected chi connectivity index (χ3v) is 3.48. The smallest absolute Gasteiger partial charge is 0.251 e. The van der Waals surface area contributed by atoms with Crippen molar-refractivity contribution < 1.29 is 9.53 Å². The molecule has 1 aromatic carbocycles. The summed E-state index contributed by atoms with van der Waals surface area (Å²) in [6.07, 6.45) is 3.56. The van der Waals surface area contributed by atoms with Crippen molar-refractivity contribution in [3.63, 3.8) is 0 Å². The van der Waals surface area contributed by atoms with Crippen LogP contribution in [0, 0.1) is 0 Å². The second-order valence-electron chi connectivity index (χ2n) is 5.63. The molecule has 1 heterocycles. The zero-order valence-corrected chi connectivity index (χ0v) is 12.4. The highest BCUT2D eigenvalue weighted by Gasteiger charge is 2.15. The van der Waals surface area contributed by atoms with Crippen molar-refractivity contribution in [1.82, 2.24) is 10.2 Å². The number of nitrogens with one attached hydrogen (secondary N) is 1. The van der Waals surface area contributed by atoms with Crippen molar-refractivity contribution in [2.45, 2.75) is 31.9 Å².